The van der Waals surface area contributed by atoms with Gasteiger partial charge in [-0.1, -0.05) is 6.07 Å². The maximum absolute atomic E-state index is 13.7. The Labute approximate surface area is 210 Å². The molecule has 192 valence electrons. The Morgan fingerprint density at radius 3 is 2.44 bits per heavy atom. The zero-order valence-corrected chi connectivity index (χ0v) is 21.0. The topological polar surface area (TPSA) is 123 Å². The number of hydrogen-bond acceptors (Lipinski definition) is 5. The summed E-state index contributed by atoms with van der Waals surface area (Å²) in [6, 6.07) is 6.30. The minimum absolute atomic E-state index is 0.0200. The summed E-state index contributed by atoms with van der Waals surface area (Å²) in [5.41, 5.74) is 1.06. The fourth-order valence-corrected chi connectivity index (χ4v) is 5.53. The Hall–Kier alpha value is -3.20. The van der Waals surface area contributed by atoms with E-state index in [2.05, 4.69) is 15.7 Å². The molecule has 9 nitrogen and oxygen atoms in total. The number of nitrogens with one attached hydrogen (secondary N) is 2. The van der Waals surface area contributed by atoms with Gasteiger partial charge in [0.25, 0.3) is 5.91 Å². The third-order valence-corrected chi connectivity index (χ3v) is 7.74. The van der Waals surface area contributed by atoms with Crippen LogP contribution in [-0.2, 0) is 26.3 Å². The molecule has 0 bridgehead atoms. The number of aliphatic carboxylic acids is 1. The Kier molecular flexibility index (Phi) is 6.36. The monoisotopic (exact) mass is 494 g/mol. The van der Waals surface area contributed by atoms with Crippen LogP contribution in [0.2, 0.25) is 0 Å². The molecule has 1 unspecified atom stereocenters. The quantitative estimate of drug-likeness (QED) is 0.490. The second-order valence-corrected chi connectivity index (χ2v) is 10.8. The molecule has 2 heterocycles. The molecule has 1 aromatic carbocycles. The van der Waals surface area contributed by atoms with Crippen LogP contribution in [0, 0.1) is 17.8 Å². The Bertz CT molecular complexity index is 1170. The van der Waals surface area contributed by atoms with E-state index in [-0.39, 0.29) is 23.8 Å². The van der Waals surface area contributed by atoms with Crippen molar-refractivity contribution in [1.29, 1.82) is 0 Å². The molecule has 0 saturated heterocycles. The van der Waals surface area contributed by atoms with E-state index < -0.39 is 17.6 Å². The van der Waals surface area contributed by atoms with Crippen LogP contribution in [0.4, 0.5) is 5.69 Å². The second kappa shape index (κ2) is 9.35. The lowest BCUT2D eigenvalue weighted by molar-refractivity contribution is -0.166. The summed E-state index contributed by atoms with van der Waals surface area (Å²) in [5.74, 6) is -0.588. The first kappa shape index (κ1) is 24.5. The first-order valence-corrected chi connectivity index (χ1v) is 12.8. The largest absolute Gasteiger partial charge is 0.479 e. The van der Waals surface area contributed by atoms with Crippen LogP contribution < -0.4 is 10.6 Å². The molecule has 0 spiro atoms. The summed E-state index contributed by atoms with van der Waals surface area (Å²) >= 11 is 0. The van der Waals surface area contributed by atoms with Gasteiger partial charge in [0.05, 0.1) is 6.61 Å². The van der Waals surface area contributed by atoms with Gasteiger partial charge >= 0.3 is 5.97 Å². The van der Waals surface area contributed by atoms with Crippen molar-refractivity contribution in [2.24, 2.45) is 17.8 Å². The third-order valence-electron chi connectivity index (χ3n) is 7.74. The predicted molar refractivity (Wildman–Crippen MR) is 133 cm³/mol. The maximum atomic E-state index is 13.7. The number of carbonyl (C=O) groups excluding carboxylic acids is 2. The number of aromatic nitrogens is 2. The van der Waals surface area contributed by atoms with E-state index >= 15 is 0 Å². The Morgan fingerprint density at radius 2 is 1.83 bits per heavy atom. The average Bonchev–Trinajstić information content (AvgIpc) is 3.78. The molecule has 3 N–H and O–H groups in total. The smallest absolute Gasteiger partial charge is 0.340 e. The molecule has 2 amide bonds. The zero-order valence-electron chi connectivity index (χ0n) is 21.0. The highest BCUT2D eigenvalue weighted by Crippen LogP contribution is 2.51. The summed E-state index contributed by atoms with van der Waals surface area (Å²) in [4.78, 5) is 38.8. The minimum atomic E-state index is -1.41. The number of amides is 2. The van der Waals surface area contributed by atoms with Gasteiger partial charge in [-0.3, -0.25) is 14.3 Å². The number of nitrogens with zero attached hydrogens (tertiary/aromatic N) is 2. The fourth-order valence-electron chi connectivity index (χ4n) is 5.53. The van der Waals surface area contributed by atoms with Gasteiger partial charge in [-0.05, 0) is 100.0 Å². The van der Waals surface area contributed by atoms with E-state index in [9.17, 15) is 19.5 Å². The van der Waals surface area contributed by atoms with Crippen LogP contribution in [-0.4, -0.2) is 45.3 Å². The molecular formula is C27H34N4O5. The Balaban J connectivity index is 1.39. The number of benzene rings is 1. The lowest BCUT2D eigenvalue weighted by atomic mass is 9.87. The van der Waals surface area contributed by atoms with Crippen LogP contribution in [0.1, 0.15) is 74.1 Å². The molecule has 2 fully saturated rings. The van der Waals surface area contributed by atoms with Gasteiger partial charge in [-0.2, -0.15) is 5.10 Å². The first-order chi connectivity index (χ1) is 17.2. The van der Waals surface area contributed by atoms with Gasteiger partial charge in [0.1, 0.15) is 11.7 Å². The van der Waals surface area contributed by atoms with Crippen molar-refractivity contribution in [2.75, 3.05) is 11.9 Å². The predicted octanol–water partition coefficient (Wildman–Crippen LogP) is 3.51. The highest BCUT2D eigenvalue weighted by Gasteiger charge is 2.48. The molecule has 1 aliphatic heterocycles. The number of rotatable bonds is 9. The molecular weight excluding hydrogens is 460 g/mol. The number of carboxylic acid groups (broad SMARTS) is 1. The molecule has 2 saturated carbocycles. The number of ether oxygens (including phenoxy) is 1. The zero-order chi connectivity index (χ0) is 25.6. The van der Waals surface area contributed by atoms with Crippen molar-refractivity contribution in [1.82, 2.24) is 15.1 Å². The minimum Gasteiger partial charge on any atom is -0.479 e. The van der Waals surface area contributed by atoms with Crippen molar-refractivity contribution < 1.29 is 24.2 Å². The standard InChI is InChI=1S/C27H34N4O5/c1-15(2)31-21(10-12-28-31)24(32)30-23(22(16-4-5-16)17-6-7-17)25(33)29-19-8-9-20-18(14-19)11-13-36-27(20,3)26(34)35/h8-10,12,14-17,22-23H,4-7,11,13H2,1-3H3,(H,29,33)(H,30,32)(H,34,35)/t23-,27?/m0/s1. The normalized spacial score (nSPS) is 22.2. The van der Waals surface area contributed by atoms with Crippen LogP contribution in [0.5, 0.6) is 0 Å². The lowest BCUT2D eigenvalue weighted by Crippen LogP contribution is -2.50. The van der Waals surface area contributed by atoms with Crippen molar-refractivity contribution in [3.05, 3.63) is 47.3 Å². The molecule has 3 aliphatic rings. The van der Waals surface area contributed by atoms with Gasteiger partial charge in [0.2, 0.25) is 5.91 Å². The van der Waals surface area contributed by atoms with Gasteiger partial charge in [0, 0.05) is 17.9 Å². The van der Waals surface area contributed by atoms with E-state index in [0.717, 1.165) is 31.2 Å². The lowest BCUT2D eigenvalue weighted by Gasteiger charge is -2.33. The molecule has 36 heavy (non-hydrogen) atoms. The molecule has 2 aromatic rings. The summed E-state index contributed by atoms with van der Waals surface area (Å²) < 4.78 is 7.24. The number of carboxylic acids is 1. The van der Waals surface area contributed by atoms with Crippen LogP contribution in [0.25, 0.3) is 0 Å². The van der Waals surface area contributed by atoms with E-state index in [1.807, 2.05) is 19.9 Å². The van der Waals surface area contributed by atoms with Crippen molar-refractivity contribution >= 4 is 23.5 Å². The fraction of sp³-hybridized carbons (Fsp3) is 0.556. The van der Waals surface area contributed by atoms with Crippen LogP contribution in [0.15, 0.2) is 30.5 Å². The van der Waals surface area contributed by atoms with E-state index in [1.54, 1.807) is 36.0 Å². The SMILES string of the molecule is CC(C)n1nccc1C(=O)N[C@H](C(=O)Nc1ccc2c(c1)CCOC2(C)C(=O)O)C(C1CC1)C1CC1. The van der Waals surface area contributed by atoms with E-state index in [1.165, 1.54) is 0 Å². The number of anilines is 1. The highest BCUT2D eigenvalue weighted by molar-refractivity contribution is 6.01. The van der Waals surface area contributed by atoms with Gasteiger partial charge in [-0.15, -0.1) is 0 Å². The molecule has 2 atom stereocenters. The second-order valence-electron chi connectivity index (χ2n) is 10.8. The van der Waals surface area contributed by atoms with Gasteiger partial charge < -0.3 is 20.5 Å². The van der Waals surface area contributed by atoms with Crippen molar-refractivity contribution in [3.8, 4) is 0 Å². The number of carbonyl (C=O) groups is 3. The molecule has 5 rings (SSSR count). The third kappa shape index (κ3) is 4.64. The summed E-state index contributed by atoms with van der Waals surface area (Å²) in [5, 5.41) is 20.0. The average molecular weight is 495 g/mol. The Morgan fingerprint density at radius 1 is 1.14 bits per heavy atom. The summed E-state index contributed by atoms with van der Waals surface area (Å²) in [6.45, 7) is 5.76. The molecule has 2 aliphatic carbocycles. The van der Waals surface area contributed by atoms with Crippen molar-refractivity contribution in [3.63, 3.8) is 0 Å². The molecule has 9 heteroatoms. The van der Waals surface area contributed by atoms with E-state index in [0.29, 0.717) is 41.8 Å². The maximum Gasteiger partial charge on any atom is 0.340 e. The first-order valence-electron chi connectivity index (χ1n) is 12.8. The molecule has 1 aromatic heterocycles. The summed E-state index contributed by atoms with van der Waals surface area (Å²) in [7, 11) is 0. The number of hydrogen-bond donors (Lipinski definition) is 3. The van der Waals surface area contributed by atoms with Crippen LogP contribution >= 0.6 is 0 Å². The number of fused-ring (bicyclic) bond motifs is 1. The van der Waals surface area contributed by atoms with Gasteiger partial charge in [-0.25, -0.2) is 4.79 Å². The summed E-state index contributed by atoms with van der Waals surface area (Å²) in [6.07, 6.45) is 6.49. The van der Waals surface area contributed by atoms with Crippen LogP contribution in [0.3, 0.4) is 0 Å². The van der Waals surface area contributed by atoms with Crippen molar-refractivity contribution in [2.45, 2.75) is 70.6 Å². The van der Waals surface area contributed by atoms with E-state index in [4.69, 9.17) is 4.74 Å². The van der Waals surface area contributed by atoms with Gasteiger partial charge in [0.15, 0.2) is 5.60 Å². The highest BCUT2D eigenvalue weighted by atomic mass is 16.5. The molecule has 0 radical (unpaired) electrons.